The highest BCUT2D eigenvalue weighted by Crippen LogP contribution is 2.27. The summed E-state index contributed by atoms with van der Waals surface area (Å²) in [5.41, 5.74) is 1.72. The van der Waals surface area contributed by atoms with Crippen LogP contribution in [0.15, 0.2) is 28.8 Å². The minimum Gasteiger partial charge on any atom is -0.293 e. The summed E-state index contributed by atoms with van der Waals surface area (Å²) in [5, 5.41) is 0. The molecule has 0 radical (unpaired) electrons. The van der Waals surface area contributed by atoms with Crippen LogP contribution < -0.4 is 0 Å². The number of hydrogen-bond donors (Lipinski definition) is 0. The average Bonchev–Trinajstić information content (AvgIpc) is 2.18. The highest BCUT2D eigenvalue weighted by atomic mass is 14.7. The Morgan fingerprint density at radius 2 is 1.67 bits per heavy atom. The lowest BCUT2D eigenvalue weighted by atomic mass is 9.84. The molecule has 0 aliphatic carbocycles. The molecule has 0 aromatic carbocycles. The van der Waals surface area contributed by atoms with E-state index in [4.69, 9.17) is 0 Å². The molecule has 0 unspecified atom stereocenters. The van der Waals surface area contributed by atoms with Crippen molar-refractivity contribution in [1.29, 1.82) is 0 Å². The molecule has 0 amide bonds. The Hall–Kier alpha value is -0.850. The van der Waals surface area contributed by atoms with Gasteiger partial charge in [-0.1, -0.05) is 67.0 Å². The molecule has 0 atom stereocenters. The molecule has 0 aromatic heterocycles. The molecule has 0 saturated heterocycles. The summed E-state index contributed by atoms with van der Waals surface area (Å²) >= 11 is 0. The van der Waals surface area contributed by atoms with E-state index in [0.29, 0.717) is 0 Å². The minimum atomic E-state index is 0.165. The van der Waals surface area contributed by atoms with E-state index in [0.717, 1.165) is 6.54 Å². The van der Waals surface area contributed by atoms with Gasteiger partial charge in [0.25, 0.3) is 0 Å². The lowest BCUT2D eigenvalue weighted by molar-refractivity contribution is 0.509. The molecule has 0 heterocycles. The second-order valence-electron chi connectivity index (χ2n) is 6.98. The number of aliphatic imine (C=N–C) groups is 1. The van der Waals surface area contributed by atoms with Crippen molar-refractivity contribution in [2.75, 3.05) is 6.54 Å². The molecule has 0 aliphatic heterocycles. The van der Waals surface area contributed by atoms with Crippen LogP contribution in [0.3, 0.4) is 0 Å². The van der Waals surface area contributed by atoms with Gasteiger partial charge in [0.1, 0.15) is 0 Å². The molecule has 0 spiro atoms. The monoisotopic (exact) mass is 249 g/mol. The van der Waals surface area contributed by atoms with Gasteiger partial charge in [-0.05, 0) is 28.9 Å². The molecular weight excluding hydrogens is 218 g/mol. The lowest BCUT2D eigenvalue weighted by Gasteiger charge is -2.21. The predicted octanol–water partition coefficient (Wildman–Crippen LogP) is 5.43. The normalized spacial score (nSPS) is 14.9. The van der Waals surface area contributed by atoms with Crippen LogP contribution in [0.1, 0.15) is 61.3 Å². The van der Waals surface area contributed by atoms with E-state index in [1.54, 1.807) is 0 Å². The summed E-state index contributed by atoms with van der Waals surface area (Å²) in [5.74, 6) is 0. The van der Waals surface area contributed by atoms with E-state index in [9.17, 15) is 0 Å². The Labute approximate surface area is 114 Å². The minimum absolute atomic E-state index is 0.165. The van der Waals surface area contributed by atoms with Crippen LogP contribution in [0.2, 0.25) is 0 Å². The van der Waals surface area contributed by atoms with Gasteiger partial charge >= 0.3 is 0 Å². The standard InChI is InChI=1S/C17H31N/c1-8-9-13-18-14-11-15(17(5,6)7)10-12-16(2,3)4/h10-12,14H,8-9,13H2,1-7H3/b12-10+,15-11+,18-14?. The van der Waals surface area contributed by atoms with Crippen LogP contribution in [0.25, 0.3) is 0 Å². The van der Waals surface area contributed by atoms with E-state index in [2.05, 4.69) is 71.7 Å². The summed E-state index contributed by atoms with van der Waals surface area (Å²) in [6.07, 6.45) is 11.0. The van der Waals surface area contributed by atoms with Gasteiger partial charge in [0.05, 0.1) is 0 Å². The number of hydrogen-bond acceptors (Lipinski definition) is 1. The van der Waals surface area contributed by atoms with Gasteiger partial charge in [-0.25, -0.2) is 0 Å². The van der Waals surface area contributed by atoms with Crippen molar-refractivity contribution in [3.8, 4) is 0 Å². The Kier molecular flexibility index (Phi) is 7.20. The smallest absolute Gasteiger partial charge is 0.0389 e. The summed E-state index contributed by atoms with van der Waals surface area (Å²) in [4.78, 5) is 4.42. The van der Waals surface area contributed by atoms with Gasteiger partial charge in [-0.2, -0.15) is 0 Å². The second-order valence-corrected chi connectivity index (χ2v) is 6.98. The number of unbranched alkanes of at least 4 members (excludes halogenated alkanes) is 1. The molecule has 1 nitrogen and oxygen atoms in total. The van der Waals surface area contributed by atoms with Gasteiger partial charge in [0.15, 0.2) is 0 Å². The van der Waals surface area contributed by atoms with Crippen LogP contribution in [-0.2, 0) is 0 Å². The first-order chi connectivity index (χ1) is 8.17. The topological polar surface area (TPSA) is 12.4 Å². The predicted molar refractivity (Wildman–Crippen MR) is 84.4 cm³/mol. The summed E-state index contributed by atoms with van der Waals surface area (Å²) in [6, 6.07) is 0. The maximum atomic E-state index is 4.42. The summed E-state index contributed by atoms with van der Waals surface area (Å²) < 4.78 is 0. The second kappa shape index (κ2) is 7.56. The van der Waals surface area contributed by atoms with Crippen molar-refractivity contribution in [1.82, 2.24) is 0 Å². The third-order valence-corrected chi connectivity index (χ3v) is 2.63. The van der Waals surface area contributed by atoms with E-state index in [-0.39, 0.29) is 10.8 Å². The van der Waals surface area contributed by atoms with Gasteiger partial charge in [-0.15, -0.1) is 0 Å². The van der Waals surface area contributed by atoms with Crippen molar-refractivity contribution in [3.63, 3.8) is 0 Å². The van der Waals surface area contributed by atoms with Crippen LogP contribution in [0.4, 0.5) is 0 Å². The van der Waals surface area contributed by atoms with Crippen molar-refractivity contribution in [2.24, 2.45) is 15.8 Å². The van der Waals surface area contributed by atoms with Crippen molar-refractivity contribution >= 4 is 6.21 Å². The van der Waals surface area contributed by atoms with E-state index in [1.165, 1.54) is 18.4 Å². The zero-order valence-corrected chi connectivity index (χ0v) is 13.4. The number of allylic oxidation sites excluding steroid dienone is 4. The third-order valence-electron chi connectivity index (χ3n) is 2.63. The van der Waals surface area contributed by atoms with Crippen LogP contribution in [0.5, 0.6) is 0 Å². The summed E-state index contributed by atoms with van der Waals surface area (Å²) in [7, 11) is 0. The number of nitrogens with zero attached hydrogens (tertiary/aromatic N) is 1. The van der Waals surface area contributed by atoms with Crippen molar-refractivity contribution in [3.05, 3.63) is 23.8 Å². The van der Waals surface area contributed by atoms with E-state index >= 15 is 0 Å². The SMILES string of the molecule is CCCCN=C/C=C(\C=C\C(C)(C)C)C(C)(C)C. The molecule has 104 valence electrons. The molecule has 0 rings (SSSR count). The molecule has 0 fully saturated rings. The largest absolute Gasteiger partial charge is 0.293 e. The maximum Gasteiger partial charge on any atom is 0.0389 e. The van der Waals surface area contributed by atoms with Crippen molar-refractivity contribution in [2.45, 2.75) is 61.3 Å². The molecule has 0 bridgehead atoms. The molecule has 0 saturated carbocycles. The molecule has 18 heavy (non-hydrogen) atoms. The fourth-order valence-corrected chi connectivity index (χ4v) is 1.35. The Morgan fingerprint density at radius 1 is 1.06 bits per heavy atom. The van der Waals surface area contributed by atoms with Gasteiger partial charge < -0.3 is 0 Å². The van der Waals surface area contributed by atoms with Gasteiger partial charge in [0, 0.05) is 12.8 Å². The Bertz CT molecular complexity index is 305. The maximum absolute atomic E-state index is 4.42. The van der Waals surface area contributed by atoms with Crippen LogP contribution in [-0.4, -0.2) is 12.8 Å². The quantitative estimate of drug-likeness (QED) is 0.350. The van der Waals surface area contributed by atoms with Crippen molar-refractivity contribution < 1.29 is 0 Å². The molecule has 1 heteroatoms. The fraction of sp³-hybridized carbons (Fsp3) is 0.706. The Balaban J connectivity index is 4.76. The molecular formula is C17H31N. The van der Waals surface area contributed by atoms with Crippen LogP contribution in [0, 0.1) is 10.8 Å². The first-order valence-corrected chi connectivity index (χ1v) is 7.06. The highest BCUT2D eigenvalue weighted by molar-refractivity contribution is 5.73. The summed E-state index contributed by atoms with van der Waals surface area (Å²) in [6.45, 7) is 16.5. The zero-order chi connectivity index (χ0) is 14.2. The van der Waals surface area contributed by atoms with Gasteiger partial charge in [0.2, 0.25) is 0 Å². The Morgan fingerprint density at radius 3 is 2.11 bits per heavy atom. The molecule has 0 N–H and O–H groups in total. The third kappa shape index (κ3) is 9.21. The fourth-order valence-electron chi connectivity index (χ4n) is 1.35. The average molecular weight is 249 g/mol. The first kappa shape index (κ1) is 17.2. The molecule has 0 aromatic rings. The first-order valence-electron chi connectivity index (χ1n) is 7.06. The van der Waals surface area contributed by atoms with E-state index in [1.807, 2.05) is 6.21 Å². The van der Waals surface area contributed by atoms with E-state index < -0.39 is 0 Å². The van der Waals surface area contributed by atoms with Crippen LogP contribution >= 0.6 is 0 Å². The molecule has 0 aliphatic rings. The van der Waals surface area contributed by atoms with Gasteiger partial charge in [-0.3, -0.25) is 4.99 Å². The lowest BCUT2D eigenvalue weighted by Crippen LogP contribution is -2.09. The zero-order valence-electron chi connectivity index (χ0n) is 13.4. The number of rotatable bonds is 5. The highest BCUT2D eigenvalue weighted by Gasteiger charge is 2.15.